The van der Waals surface area contributed by atoms with Crippen LogP contribution in [0.3, 0.4) is 0 Å². The molecule has 1 N–H and O–H groups in total. The molecular formula is C12H18O2. The predicted molar refractivity (Wildman–Crippen MR) is 57.8 cm³/mol. The predicted octanol–water partition coefficient (Wildman–Crippen LogP) is 2.59. The highest BCUT2D eigenvalue weighted by Gasteiger charge is 2.04. The second-order valence-corrected chi connectivity index (χ2v) is 3.44. The molecule has 0 unspecified atom stereocenters. The first-order chi connectivity index (χ1) is 6.66. The molecule has 0 atom stereocenters. The van der Waals surface area contributed by atoms with Gasteiger partial charge in [-0.2, -0.15) is 0 Å². The molecule has 0 bridgehead atoms. The molecule has 0 aliphatic rings. The van der Waals surface area contributed by atoms with Crippen molar-refractivity contribution in [1.29, 1.82) is 0 Å². The van der Waals surface area contributed by atoms with Crippen molar-refractivity contribution in [2.45, 2.75) is 27.2 Å². The van der Waals surface area contributed by atoms with E-state index in [0.29, 0.717) is 5.75 Å². The molecule has 14 heavy (non-hydrogen) atoms. The molecule has 0 aliphatic carbocycles. The molecule has 0 aliphatic heterocycles. The van der Waals surface area contributed by atoms with E-state index in [0.717, 1.165) is 25.2 Å². The lowest BCUT2D eigenvalue weighted by molar-refractivity contribution is 0.151. The molecule has 1 aromatic rings. The maximum absolute atomic E-state index is 9.46. The number of ether oxygens (including phenoxy) is 1. The van der Waals surface area contributed by atoms with Crippen LogP contribution < -0.4 is 0 Å². The van der Waals surface area contributed by atoms with E-state index in [1.165, 1.54) is 11.1 Å². The van der Waals surface area contributed by atoms with E-state index in [9.17, 15) is 5.11 Å². The van der Waals surface area contributed by atoms with E-state index >= 15 is 0 Å². The monoisotopic (exact) mass is 194 g/mol. The fourth-order valence-electron chi connectivity index (χ4n) is 1.46. The Bertz CT molecular complexity index is 305. The Morgan fingerprint density at radius 2 is 1.93 bits per heavy atom. The molecule has 0 saturated heterocycles. The van der Waals surface area contributed by atoms with E-state index in [1.807, 2.05) is 26.8 Å². The maximum atomic E-state index is 9.46. The van der Waals surface area contributed by atoms with Gasteiger partial charge in [0.2, 0.25) is 0 Å². The third kappa shape index (κ3) is 2.48. The van der Waals surface area contributed by atoms with Crippen LogP contribution in [0, 0.1) is 13.8 Å². The van der Waals surface area contributed by atoms with E-state index in [1.54, 1.807) is 6.07 Å². The van der Waals surface area contributed by atoms with Crippen molar-refractivity contribution in [3.63, 3.8) is 0 Å². The third-order valence-electron chi connectivity index (χ3n) is 2.59. The number of aromatic hydroxyl groups is 1. The minimum atomic E-state index is 0.377. The van der Waals surface area contributed by atoms with Gasteiger partial charge in [-0.15, -0.1) is 0 Å². The van der Waals surface area contributed by atoms with Gasteiger partial charge in [-0.3, -0.25) is 0 Å². The largest absolute Gasteiger partial charge is 0.508 e. The summed E-state index contributed by atoms with van der Waals surface area (Å²) >= 11 is 0. The topological polar surface area (TPSA) is 29.5 Å². The molecule has 0 amide bonds. The zero-order valence-corrected chi connectivity index (χ0v) is 9.13. The van der Waals surface area contributed by atoms with Crippen molar-refractivity contribution in [2.75, 3.05) is 13.2 Å². The van der Waals surface area contributed by atoms with Gasteiger partial charge in [0.1, 0.15) is 5.75 Å². The molecule has 2 heteroatoms. The summed E-state index contributed by atoms with van der Waals surface area (Å²) in [5.74, 6) is 0.377. The van der Waals surface area contributed by atoms with Gasteiger partial charge >= 0.3 is 0 Å². The minimum Gasteiger partial charge on any atom is -0.508 e. The van der Waals surface area contributed by atoms with Crippen molar-refractivity contribution in [2.24, 2.45) is 0 Å². The number of benzene rings is 1. The fraction of sp³-hybridized carbons (Fsp3) is 0.500. The first-order valence-corrected chi connectivity index (χ1v) is 5.02. The van der Waals surface area contributed by atoms with Gasteiger partial charge < -0.3 is 9.84 Å². The van der Waals surface area contributed by atoms with E-state index in [4.69, 9.17) is 4.74 Å². The Hall–Kier alpha value is -1.02. The van der Waals surface area contributed by atoms with Crippen molar-refractivity contribution < 1.29 is 9.84 Å². The summed E-state index contributed by atoms with van der Waals surface area (Å²) in [5.41, 5.74) is 3.40. The highest BCUT2D eigenvalue weighted by atomic mass is 16.5. The van der Waals surface area contributed by atoms with Crippen molar-refractivity contribution in [1.82, 2.24) is 0 Å². The minimum absolute atomic E-state index is 0.377. The van der Waals surface area contributed by atoms with E-state index < -0.39 is 0 Å². The smallest absolute Gasteiger partial charge is 0.118 e. The Kier molecular flexibility index (Phi) is 3.96. The van der Waals surface area contributed by atoms with Gasteiger partial charge in [-0.1, -0.05) is 6.07 Å². The highest BCUT2D eigenvalue weighted by Crippen LogP contribution is 2.22. The number of phenols is 1. The SMILES string of the molecule is CCOCCc1ccc(O)c(C)c1C. The van der Waals surface area contributed by atoms with Crippen LogP contribution in [0.5, 0.6) is 5.75 Å². The average Bonchev–Trinajstić information content (AvgIpc) is 2.18. The number of rotatable bonds is 4. The third-order valence-corrected chi connectivity index (χ3v) is 2.59. The summed E-state index contributed by atoms with van der Waals surface area (Å²) in [6, 6.07) is 3.72. The normalized spacial score (nSPS) is 10.5. The first-order valence-electron chi connectivity index (χ1n) is 5.02. The number of hydrogen-bond donors (Lipinski definition) is 1. The van der Waals surface area contributed by atoms with Crippen LogP contribution in [-0.4, -0.2) is 18.3 Å². The summed E-state index contributed by atoms with van der Waals surface area (Å²) in [5, 5.41) is 9.46. The summed E-state index contributed by atoms with van der Waals surface area (Å²) in [6.45, 7) is 7.48. The molecule has 0 heterocycles. The zero-order chi connectivity index (χ0) is 10.6. The Morgan fingerprint density at radius 3 is 2.57 bits per heavy atom. The van der Waals surface area contributed by atoms with Crippen LogP contribution >= 0.6 is 0 Å². The fourth-order valence-corrected chi connectivity index (χ4v) is 1.46. The zero-order valence-electron chi connectivity index (χ0n) is 9.13. The lowest BCUT2D eigenvalue weighted by atomic mass is 10.0. The van der Waals surface area contributed by atoms with Gasteiger partial charge in [0.05, 0.1) is 6.61 Å². The van der Waals surface area contributed by atoms with Gasteiger partial charge in [0, 0.05) is 6.61 Å². The van der Waals surface area contributed by atoms with Crippen LogP contribution in [0.2, 0.25) is 0 Å². The summed E-state index contributed by atoms with van der Waals surface area (Å²) in [7, 11) is 0. The van der Waals surface area contributed by atoms with Crippen LogP contribution in [0.1, 0.15) is 23.6 Å². The molecular weight excluding hydrogens is 176 g/mol. The van der Waals surface area contributed by atoms with Crippen LogP contribution in [0.15, 0.2) is 12.1 Å². The van der Waals surface area contributed by atoms with Crippen molar-refractivity contribution >= 4 is 0 Å². The quantitative estimate of drug-likeness (QED) is 0.746. The molecule has 78 valence electrons. The Labute approximate surface area is 85.5 Å². The Morgan fingerprint density at radius 1 is 1.21 bits per heavy atom. The molecule has 0 radical (unpaired) electrons. The van der Waals surface area contributed by atoms with Gasteiger partial charge in [-0.25, -0.2) is 0 Å². The lowest BCUT2D eigenvalue weighted by Crippen LogP contribution is -2.00. The lowest BCUT2D eigenvalue weighted by Gasteiger charge is -2.09. The molecule has 2 nitrogen and oxygen atoms in total. The molecule has 0 spiro atoms. The van der Waals surface area contributed by atoms with Gasteiger partial charge in [0.15, 0.2) is 0 Å². The van der Waals surface area contributed by atoms with E-state index in [2.05, 4.69) is 0 Å². The van der Waals surface area contributed by atoms with Gasteiger partial charge in [-0.05, 0) is 49.9 Å². The van der Waals surface area contributed by atoms with Crippen LogP contribution in [0.4, 0.5) is 0 Å². The van der Waals surface area contributed by atoms with Crippen molar-refractivity contribution in [3.05, 3.63) is 28.8 Å². The molecule has 0 saturated carbocycles. The second-order valence-electron chi connectivity index (χ2n) is 3.44. The summed E-state index contributed by atoms with van der Waals surface area (Å²) in [4.78, 5) is 0. The van der Waals surface area contributed by atoms with Crippen LogP contribution in [-0.2, 0) is 11.2 Å². The molecule has 0 fully saturated rings. The number of phenolic OH excluding ortho intramolecular Hbond substituents is 1. The highest BCUT2D eigenvalue weighted by molar-refractivity contribution is 5.42. The molecule has 0 aromatic heterocycles. The summed E-state index contributed by atoms with van der Waals surface area (Å²) in [6.07, 6.45) is 0.917. The van der Waals surface area contributed by atoms with Crippen LogP contribution in [0.25, 0.3) is 0 Å². The second kappa shape index (κ2) is 5.01. The maximum Gasteiger partial charge on any atom is 0.118 e. The Balaban J connectivity index is 2.73. The molecule has 1 rings (SSSR count). The van der Waals surface area contributed by atoms with E-state index in [-0.39, 0.29) is 0 Å². The average molecular weight is 194 g/mol. The standard InChI is InChI=1S/C12H18O2/c1-4-14-8-7-11-5-6-12(13)10(3)9(11)2/h5-6,13H,4,7-8H2,1-3H3. The van der Waals surface area contributed by atoms with Gasteiger partial charge in [0.25, 0.3) is 0 Å². The van der Waals surface area contributed by atoms with Crippen molar-refractivity contribution in [3.8, 4) is 5.75 Å². The summed E-state index contributed by atoms with van der Waals surface area (Å²) < 4.78 is 5.30. The first kappa shape index (κ1) is 11.1. The number of hydrogen-bond acceptors (Lipinski definition) is 2. The molecule has 1 aromatic carbocycles.